The fraction of sp³-hybridized carbons (Fsp3) is 0.227. The van der Waals surface area contributed by atoms with Crippen molar-refractivity contribution in [1.82, 2.24) is 19.6 Å². The molecule has 7 nitrogen and oxygen atoms in total. The average Bonchev–Trinajstić information content (AvgIpc) is 3.14. The number of halogens is 2. The maximum atomic E-state index is 14.3. The van der Waals surface area contributed by atoms with Crippen molar-refractivity contribution in [1.29, 1.82) is 0 Å². The molecule has 2 amide bonds. The van der Waals surface area contributed by atoms with E-state index in [4.69, 9.17) is 0 Å². The smallest absolute Gasteiger partial charge is 0.257 e. The number of phenolic OH excluding ortho intramolecular Hbond substituents is 1. The Labute approximate surface area is 177 Å². The molecule has 3 aromatic rings. The van der Waals surface area contributed by atoms with Gasteiger partial charge >= 0.3 is 0 Å². The minimum Gasteiger partial charge on any atom is -0.507 e. The zero-order valence-electron chi connectivity index (χ0n) is 16.8. The Hall–Kier alpha value is -3.75. The summed E-state index contributed by atoms with van der Waals surface area (Å²) in [6.45, 7) is 1.13. The van der Waals surface area contributed by atoms with Gasteiger partial charge in [-0.05, 0) is 24.3 Å². The molecule has 0 unspecified atom stereocenters. The molecule has 160 valence electrons. The number of phenols is 1. The maximum absolute atomic E-state index is 14.3. The van der Waals surface area contributed by atoms with Crippen LogP contribution in [0.3, 0.4) is 0 Å². The SMILES string of the molecule is Cn1cc(C(=O)N2CCN(C(=O)c3ccccc3O)CC2)c(-c2ccc(F)cc2F)n1. The summed E-state index contributed by atoms with van der Waals surface area (Å²) in [4.78, 5) is 28.9. The Bertz CT molecular complexity index is 1150. The van der Waals surface area contributed by atoms with Crippen molar-refractivity contribution < 1.29 is 23.5 Å². The van der Waals surface area contributed by atoms with Gasteiger partial charge in [-0.1, -0.05) is 12.1 Å². The summed E-state index contributed by atoms with van der Waals surface area (Å²) in [5.41, 5.74) is 0.591. The van der Waals surface area contributed by atoms with E-state index < -0.39 is 11.6 Å². The second-order valence-corrected chi connectivity index (χ2v) is 7.29. The van der Waals surface area contributed by atoms with Gasteiger partial charge in [0.25, 0.3) is 11.8 Å². The normalized spacial score (nSPS) is 14.0. The Morgan fingerprint density at radius 1 is 0.935 bits per heavy atom. The molecule has 1 saturated heterocycles. The molecule has 0 bridgehead atoms. The van der Waals surface area contributed by atoms with Crippen LogP contribution in [0.5, 0.6) is 5.75 Å². The number of nitrogens with zero attached hydrogens (tertiary/aromatic N) is 4. The van der Waals surface area contributed by atoms with E-state index in [0.29, 0.717) is 13.1 Å². The molecule has 0 atom stereocenters. The molecule has 0 spiro atoms. The largest absolute Gasteiger partial charge is 0.507 e. The van der Waals surface area contributed by atoms with Crippen LogP contribution >= 0.6 is 0 Å². The highest BCUT2D eigenvalue weighted by Crippen LogP contribution is 2.27. The molecule has 1 fully saturated rings. The average molecular weight is 426 g/mol. The molecule has 2 aromatic carbocycles. The van der Waals surface area contributed by atoms with Crippen molar-refractivity contribution in [3.63, 3.8) is 0 Å². The number of aryl methyl sites for hydroxylation is 1. The van der Waals surface area contributed by atoms with Gasteiger partial charge in [0.15, 0.2) is 0 Å². The summed E-state index contributed by atoms with van der Waals surface area (Å²) in [5, 5.41) is 14.1. The lowest BCUT2D eigenvalue weighted by atomic mass is 10.1. The Kier molecular flexibility index (Phi) is 5.41. The summed E-state index contributed by atoms with van der Waals surface area (Å²) in [7, 11) is 1.62. The first kappa shape index (κ1) is 20.5. The van der Waals surface area contributed by atoms with E-state index in [-0.39, 0.29) is 53.0 Å². The number of carbonyl (C=O) groups excluding carboxylic acids is 2. The zero-order chi connectivity index (χ0) is 22.1. The number of amides is 2. The summed E-state index contributed by atoms with van der Waals surface area (Å²) in [5.74, 6) is -2.25. The molecule has 1 aromatic heterocycles. The van der Waals surface area contributed by atoms with E-state index in [1.165, 1.54) is 23.0 Å². The van der Waals surface area contributed by atoms with Crippen LogP contribution in [0.25, 0.3) is 11.3 Å². The predicted octanol–water partition coefficient (Wildman–Crippen LogP) is 2.67. The molecule has 4 rings (SSSR count). The third-order valence-corrected chi connectivity index (χ3v) is 5.23. The highest BCUT2D eigenvalue weighted by Gasteiger charge is 2.29. The first-order valence-electron chi connectivity index (χ1n) is 9.71. The van der Waals surface area contributed by atoms with E-state index >= 15 is 0 Å². The molecule has 2 heterocycles. The molecule has 1 N–H and O–H groups in total. The Morgan fingerprint density at radius 3 is 2.16 bits per heavy atom. The van der Waals surface area contributed by atoms with Crippen LogP contribution in [0.2, 0.25) is 0 Å². The number of aromatic hydroxyl groups is 1. The van der Waals surface area contributed by atoms with Crippen LogP contribution in [0.4, 0.5) is 8.78 Å². The first-order chi connectivity index (χ1) is 14.8. The Balaban J connectivity index is 1.51. The summed E-state index contributed by atoms with van der Waals surface area (Å²) in [6, 6.07) is 9.43. The van der Waals surface area contributed by atoms with Gasteiger partial charge in [0.1, 0.15) is 23.1 Å². The van der Waals surface area contributed by atoms with Crippen molar-refractivity contribution in [2.45, 2.75) is 0 Å². The predicted molar refractivity (Wildman–Crippen MR) is 108 cm³/mol. The van der Waals surface area contributed by atoms with Gasteiger partial charge in [-0.15, -0.1) is 0 Å². The quantitative estimate of drug-likeness (QED) is 0.699. The van der Waals surface area contributed by atoms with Gasteiger partial charge in [-0.25, -0.2) is 8.78 Å². The third-order valence-electron chi connectivity index (χ3n) is 5.23. The molecular formula is C22H20F2N4O3. The minimum absolute atomic E-state index is 0.0405. The van der Waals surface area contributed by atoms with Crippen molar-refractivity contribution in [2.75, 3.05) is 26.2 Å². The van der Waals surface area contributed by atoms with Crippen LogP contribution in [0.1, 0.15) is 20.7 Å². The Morgan fingerprint density at radius 2 is 1.55 bits per heavy atom. The first-order valence-corrected chi connectivity index (χ1v) is 9.71. The van der Waals surface area contributed by atoms with Crippen LogP contribution in [0.15, 0.2) is 48.7 Å². The van der Waals surface area contributed by atoms with Crippen LogP contribution in [0, 0.1) is 11.6 Å². The van der Waals surface area contributed by atoms with Crippen molar-refractivity contribution >= 4 is 11.8 Å². The van der Waals surface area contributed by atoms with Gasteiger partial charge < -0.3 is 14.9 Å². The number of rotatable bonds is 3. The number of piperazine rings is 1. The second-order valence-electron chi connectivity index (χ2n) is 7.29. The second kappa shape index (κ2) is 8.17. The van der Waals surface area contributed by atoms with Crippen LogP contribution in [-0.4, -0.2) is 62.7 Å². The van der Waals surface area contributed by atoms with Gasteiger partial charge in [0, 0.05) is 51.1 Å². The third kappa shape index (κ3) is 3.98. The van der Waals surface area contributed by atoms with E-state index in [1.807, 2.05) is 0 Å². The minimum atomic E-state index is -0.800. The van der Waals surface area contributed by atoms with Crippen molar-refractivity contribution in [3.8, 4) is 17.0 Å². The molecule has 0 aliphatic carbocycles. The number of hydrogen-bond acceptors (Lipinski definition) is 4. The fourth-order valence-electron chi connectivity index (χ4n) is 3.63. The van der Waals surface area contributed by atoms with Crippen molar-refractivity contribution in [3.05, 3.63) is 71.4 Å². The number of hydrogen-bond donors (Lipinski definition) is 1. The van der Waals surface area contributed by atoms with Crippen LogP contribution in [-0.2, 0) is 7.05 Å². The highest BCUT2D eigenvalue weighted by atomic mass is 19.1. The van der Waals surface area contributed by atoms with Crippen LogP contribution < -0.4 is 0 Å². The number of carbonyl (C=O) groups is 2. The zero-order valence-corrected chi connectivity index (χ0v) is 16.8. The van der Waals surface area contributed by atoms with E-state index in [2.05, 4.69) is 5.10 Å². The van der Waals surface area contributed by atoms with E-state index in [9.17, 15) is 23.5 Å². The van der Waals surface area contributed by atoms with Gasteiger partial charge in [-0.2, -0.15) is 5.10 Å². The van der Waals surface area contributed by atoms with Gasteiger partial charge in [0.05, 0.1) is 11.1 Å². The summed E-state index contributed by atoms with van der Waals surface area (Å²) in [6.07, 6.45) is 1.50. The molecule has 31 heavy (non-hydrogen) atoms. The highest BCUT2D eigenvalue weighted by molar-refractivity contribution is 6.00. The number of para-hydroxylation sites is 1. The molecule has 1 aliphatic rings. The van der Waals surface area contributed by atoms with E-state index in [0.717, 1.165) is 12.1 Å². The van der Waals surface area contributed by atoms with Gasteiger partial charge in [-0.3, -0.25) is 14.3 Å². The number of benzene rings is 2. The number of aromatic nitrogens is 2. The van der Waals surface area contributed by atoms with Crippen molar-refractivity contribution in [2.24, 2.45) is 7.05 Å². The molecule has 0 radical (unpaired) electrons. The molecular weight excluding hydrogens is 406 g/mol. The fourth-order valence-corrected chi connectivity index (χ4v) is 3.63. The lowest BCUT2D eigenvalue weighted by Gasteiger charge is -2.34. The lowest BCUT2D eigenvalue weighted by molar-refractivity contribution is 0.0534. The standard InChI is InChI=1S/C22H20F2N4O3/c1-26-13-17(20(25-26)15-7-6-14(23)12-18(15)24)22(31)28-10-8-27(9-11-28)21(30)16-4-2-3-5-19(16)29/h2-7,12-13,29H,8-11H2,1H3. The molecule has 0 saturated carbocycles. The topological polar surface area (TPSA) is 78.7 Å². The summed E-state index contributed by atoms with van der Waals surface area (Å²) >= 11 is 0. The monoisotopic (exact) mass is 426 g/mol. The molecule has 9 heteroatoms. The van der Waals surface area contributed by atoms with Gasteiger partial charge in [0.2, 0.25) is 0 Å². The maximum Gasteiger partial charge on any atom is 0.257 e. The lowest BCUT2D eigenvalue weighted by Crippen LogP contribution is -2.50. The van der Waals surface area contributed by atoms with E-state index in [1.54, 1.807) is 35.0 Å². The molecule has 1 aliphatic heterocycles. The summed E-state index contributed by atoms with van der Waals surface area (Å²) < 4.78 is 29.0.